The minimum Gasteiger partial charge on any atom is -0.492 e. The van der Waals surface area contributed by atoms with Crippen molar-refractivity contribution < 1.29 is 19.4 Å². The Morgan fingerprint density at radius 2 is 1.88 bits per heavy atom. The Bertz CT molecular complexity index is 1220. The number of nitrogens with one attached hydrogen (secondary N) is 1. The van der Waals surface area contributed by atoms with Crippen LogP contribution in [0.2, 0.25) is 0 Å². The lowest BCUT2D eigenvalue weighted by Gasteiger charge is -2.33. The van der Waals surface area contributed by atoms with E-state index in [1.807, 2.05) is 18.7 Å². The molecule has 2 N–H and O–H groups in total. The number of hydrogen-bond acceptors (Lipinski definition) is 6. The molecule has 182 valence electrons. The number of aromatic nitrogens is 3. The van der Waals surface area contributed by atoms with Gasteiger partial charge >= 0.3 is 0 Å². The number of morpholine rings is 1. The summed E-state index contributed by atoms with van der Waals surface area (Å²) in [4.78, 5) is 41.1. The van der Waals surface area contributed by atoms with Crippen LogP contribution < -0.4 is 10.9 Å². The zero-order valence-electron chi connectivity index (χ0n) is 19.8. The van der Waals surface area contributed by atoms with E-state index in [1.54, 1.807) is 13.0 Å². The Hall–Kier alpha value is -3.14. The van der Waals surface area contributed by atoms with E-state index in [2.05, 4.69) is 10.4 Å². The van der Waals surface area contributed by atoms with Gasteiger partial charge in [0.2, 0.25) is 11.8 Å². The van der Waals surface area contributed by atoms with Gasteiger partial charge in [0, 0.05) is 24.2 Å². The molecule has 2 atom stereocenters. The van der Waals surface area contributed by atoms with Crippen LogP contribution >= 0.6 is 0 Å². The van der Waals surface area contributed by atoms with Gasteiger partial charge < -0.3 is 20.1 Å². The molecule has 0 aromatic carbocycles. The zero-order chi connectivity index (χ0) is 24.1. The normalized spacial score (nSPS) is 22.3. The van der Waals surface area contributed by atoms with E-state index in [9.17, 15) is 19.5 Å². The van der Waals surface area contributed by atoms with E-state index in [0.29, 0.717) is 36.7 Å². The highest BCUT2D eigenvalue weighted by atomic mass is 16.5. The fraction of sp³-hybridized carbons (Fsp3) is 0.583. The van der Waals surface area contributed by atoms with Crippen molar-refractivity contribution in [1.29, 1.82) is 0 Å². The monoisotopic (exact) mass is 469 g/mol. The maximum Gasteiger partial charge on any atom is 0.270 e. The van der Waals surface area contributed by atoms with Crippen molar-refractivity contribution in [2.45, 2.75) is 71.1 Å². The first-order valence-corrected chi connectivity index (χ1v) is 12.0. The average molecular weight is 470 g/mol. The molecule has 10 nitrogen and oxygen atoms in total. The van der Waals surface area contributed by atoms with E-state index in [0.717, 1.165) is 25.7 Å². The maximum absolute atomic E-state index is 13.4. The fourth-order valence-electron chi connectivity index (χ4n) is 5.01. The molecule has 3 fully saturated rings. The van der Waals surface area contributed by atoms with E-state index in [4.69, 9.17) is 4.74 Å². The minimum absolute atomic E-state index is 0.0416. The summed E-state index contributed by atoms with van der Waals surface area (Å²) < 4.78 is 8.29. The first-order chi connectivity index (χ1) is 16.3. The van der Waals surface area contributed by atoms with E-state index in [-0.39, 0.29) is 35.5 Å². The van der Waals surface area contributed by atoms with Crippen LogP contribution in [0, 0.1) is 12.8 Å². The SMILES string of the molecule is Cc1nn2c(O)c(C(=O)NC3CC3)c(=O)n(CC(C)C)c2c1/C=C/C(=O)N1C2CCC1COC2. The number of amides is 2. The first-order valence-electron chi connectivity index (χ1n) is 12.0. The fourth-order valence-corrected chi connectivity index (χ4v) is 5.01. The molecule has 2 unspecified atom stereocenters. The van der Waals surface area contributed by atoms with Crippen molar-refractivity contribution in [3.63, 3.8) is 0 Å². The minimum atomic E-state index is -0.590. The molecule has 2 aromatic rings. The molecule has 2 amide bonds. The molecule has 2 bridgehead atoms. The van der Waals surface area contributed by atoms with Gasteiger partial charge in [0.15, 0.2) is 5.56 Å². The number of aromatic hydroxyl groups is 1. The first kappa shape index (κ1) is 22.6. The average Bonchev–Trinajstić information content (AvgIpc) is 3.48. The highest BCUT2D eigenvalue weighted by Gasteiger charge is 2.39. The van der Waals surface area contributed by atoms with Gasteiger partial charge in [0.1, 0.15) is 5.65 Å². The number of rotatable bonds is 6. The molecule has 2 aromatic heterocycles. The van der Waals surface area contributed by atoms with E-state index in [1.165, 1.54) is 15.2 Å². The number of carbonyl (C=O) groups excluding carboxylic acids is 2. The van der Waals surface area contributed by atoms with Crippen LogP contribution in [0.3, 0.4) is 0 Å². The topological polar surface area (TPSA) is 118 Å². The highest BCUT2D eigenvalue weighted by molar-refractivity contribution is 5.97. The predicted octanol–water partition coefficient (Wildman–Crippen LogP) is 1.46. The lowest BCUT2D eigenvalue weighted by Crippen LogP contribution is -2.48. The Morgan fingerprint density at radius 3 is 2.50 bits per heavy atom. The Kier molecular flexibility index (Phi) is 5.71. The third-order valence-electron chi connectivity index (χ3n) is 6.80. The number of aryl methyl sites for hydroxylation is 1. The molecular weight excluding hydrogens is 438 g/mol. The lowest BCUT2D eigenvalue weighted by molar-refractivity contribution is -0.135. The van der Waals surface area contributed by atoms with Crippen molar-refractivity contribution in [3.05, 3.63) is 33.3 Å². The van der Waals surface area contributed by atoms with Gasteiger partial charge in [-0.25, -0.2) is 0 Å². The summed E-state index contributed by atoms with van der Waals surface area (Å²) in [5.74, 6) is -1.08. The van der Waals surface area contributed by atoms with Crippen LogP contribution in [-0.4, -0.2) is 67.3 Å². The van der Waals surface area contributed by atoms with E-state index < -0.39 is 17.3 Å². The molecule has 4 heterocycles. The molecule has 5 rings (SSSR count). The van der Waals surface area contributed by atoms with Crippen LogP contribution in [0.15, 0.2) is 10.9 Å². The maximum atomic E-state index is 13.4. The smallest absolute Gasteiger partial charge is 0.270 e. The summed E-state index contributed by atoms with van der Waals surface area (Å²) in [5.41, 5.74) is 0.603. The zero-order valence-corrected chi connectivity index (χ0v) is 19.8. The van der Waals surface area contributed by atoms with E-state index >= 15 is 0 Å². The molecule has 10 heteroatoms. The Morgan fingerprint density at radius 1 is 1.21 bits per heavy atom. The molecule has 2 saturated heterocycles. The molecule has 34 heavy (non-hydrogen) atoms. The summed E-state index contributed by atoms with van der Waals surface area (Å²) in [7, 11) is 0. The van der Waals surface area contributed by atoms with Gasteiger partial charge in [-0.05, 0) is 44.6 Å². The number of ether oxygens (including phenoxy) is 1. The third kappa shape index (κ3) is 3.89. The standard InChI is InChI=1S/C24H31N5O5/c1-13(2)10-27-22-18(8-9-19(30)28-16-6-7-17(28)12-34-11-16)14(3)26-29(22)24(33)20(23(27)32)21(31)25-15-4-5-15/h8-9,13,15-17,33H,4-7,10-12H2,1-3H3,(H,25,31)/b9-8+. The molecule has 3 aliphatic rings. The summed E-state index contributed by atoms with van der Waals surface area (Å²) in [6.45, 7) is 7.13. The number of carbonyl (C=O) groups is 2. The molecule has 0 spiro atoms. The van der Waals surface area contributed by atoms with Crippen molar-refractivity contribution in [1.82, 2.24) is 24.4 Å². The summed E-state index contributed by atoms with van der Waals surface area (Å²) in [6, 6.07) is 0.230. The van der Waals surface area contributed by atoms with Crippen LogP contribution in [-0.2, 0) is 16.1 Å². The van der Waals surface area contributed by atoms with Crippen LogP contribution in [0.25, 0.3) is 11.7 Å². The largest absolute Gasteiger partial charge is 0.492 e. The summed E-state index contributed by atoms with van der Waals surface area (Å²) in [6.07, 6.45) is 6.78. The second kappa shape index (κ2) is 8.57. The summed E-state index contributed by atoms with van der Waals surface area (Å²) in [5, 5.41) is 18.1. The predicted molar refractivity (Wildman–Crippen MR) is 125 cm³/mol. The van der Waals surface area contributed by atoms with Crippen LogP contribution in [0.5, 0.6) is 5.88 Å². The molecule has 1 aliphatic carbocycles. The quantitative estimate of drug-likeness (QED) is 0.619. The molecule has 1 saturated carbocycles. The highest BCUT2D eigenvalue weighted by Crippen LogP contribution is 2.30. The molecule has 0 radical (unpaired) electrons. The third-order valence-corrected chi connectivity index (χ3v) is 6.80. The van der Waals surface area contributed by atoms with Gasteiger partial charge in [0.25, 0.3) is 11.5 Å². The molecular formula is C24H31N5O5. The Balaban J connectivity index is 1.58. The van der Waals surface area contributed by atoms with Gasteiger partial charge in [-0.2, -0.15) is 9.61 Å². The second-order valence-electron chi connectivity index (χ2n) is 9.99. The second-order valence-corrected chi connectivity index (χ2v) is 9.99. The number of fused-ring (bicyclic) bond motifs is 3. The van der Waals surface area contributed by atoms with Crippen molar-refractivity contribution in [2.75, 3.05) is 13.2 Å². The van der Waals surface area contributed by atoms with Gasteiger partial charge in [-0.1, -0.05) is 13.8 Å². The Labute approximate surface area is 197 Å². The van der Waals surface area contributed by atoms with Gasteiger partial charge in [-0.15, -0.1) is 0 Å². The van der Waals surface area contributed by atoms with Crippen molar-refractivity contribution in [2.24, 2.45) is 5.92 Å². The van der Waals surface area contributed by atoms with Crippen LogP contribution in [0.1, 0.15) is 61.1 Å². The number of hydrogen-bond donors (Lipinski definition) is 2. The van der Waals surface area contributed by atoms with Gasteiger partial charge in [-0.3, -0.25) is 19.0 Å². The van der Waals surface area contributed by atoms with Gasteiger partial charge in [0.05, 0.1) is 31.0 Å². The van der Waals surface area contributed by atoms with Crippen molar-refractivity contribution >= 4 is 23.5 Å². The lowest BCUT2D eigenvalue weighted by atomic mass is 10.1. The van der Waals surface area contributed by atoms with Crippen molar-refractivity contribution in [3.8, 4) is 5.88 Å². The van der Waals surface area contributed by atoms with Crippen LogP contribution in [0.4, 0.5) is 0 Å². The number of nitrogens with zero attached hydrogens (tertiary/aromatic N) is 4. The summed E-state index contributed by atoms with van der Waals surface area (Å²) >= 11 is 0. The molecule has 2 aliphatic heterocycles.